The van der Waals surface area contributed by atoms with Gasteiger partial charge in [-0.25, -0.2) is 0 Å². The summed E-state index contributed by atoms with van der Waals surface area (Å²) in [4.78, 5) is 14.6. The van der Waals surface area contributed by atoms with Crippen LogP contribution in [0.2, 0.25) is 0 Å². The topological polar surface area (TPSA) is 58.4 Å². The number of amides is 1. The minimum atomic E-state index is 0.0899. The molecule has 1 amide bonds. The highest BCUT2D eigenvalue weighted by molar-refractivity contribution is 5.80. The smallest absolute Gasteiger partial charge is 0.224 e. The standard InChI is InChI=1S/C16H31N3O/c1-11(2)19(3)9-5-4-8-18-16(20)14-12-6-7-13(10-12)15(14)17/h11-15H,4-10,17H2,1-3H3,(H,18,20). The molecule has 2 rings (SSSR count). The normalized spacial score (nSPS) is 32.3. The lowest BCUT2D eigenvalue weighted by Gasteiger charge is -2.27. The van der Waals surface area contributed by atoms with E-state index in [9.17, 15) is 4.79 Å². The molecule has 2 aliphatic carbocycles. The monoisotopic (exact) mass is 281 g/mol. The van der Waals surface area contributed by atoms with E-state index in [2.05, 4.69) is 31.1 Å². The fourth-order valence-electron chi connectivity index (χ4n) is 3.80. The van der Waals surface area contributed by atoms with Gasteiger partial charge in [-0.1, -0.05) is 0 Å². The highest BCUT2D eigenvalue weighted by Gasteiger charge is 2.48. The van der Waals surface area contributed by atoms with Gasteiger partial charge in [-0.3, -0.25) is 4.79 Å². The first-order valence-electron chi connectivity index (χ1n) is 8.24. The van der Waals surface area contributed by atoms with Crippen LogP contribution in [0.3, 0.4) is 0 Å². The van der Waals surface area contributed by atoms with Crippen LogP contribution >= 0.6 is 0 Å². The Bertz CT molecular complexity index is 330. The van der Waals surface area contributed by atoms with E-state index in [0.29, 0.717) is 17.9 Å². The molecule has 2 aliphatic rings. The van der Waals surface area contributed by atoms with Crippen molar-refractivity contribution >= 4 is 5.91 Å². The van der Waals surface area contributed by atoms with Gasteiger partial charge >= 0.3 is 0 Å². The third-order valence-corrected chi connectivity index (χ3v) is 5.40. The van der Waals surface area contributed by atoms with Gasteiger partial charge in [0.1, 0.15) is 0 Å². The largest absolute Gasteiger partial charge is 0.356 e. The molecule has 4 heteroatoms. The Balaban J connectivity index is 1.61. The summed E-state index contributed by atoms with van der Waals surface area (Å²) in [6, 6.07) is 0.706. The maximum absolute atomic E-state index is 12.2. The number of nitrogens with two attached hydrogens (primary N) is 1. The van der Waals surface area contributed by atoms with Crippen LogP contribution in [0.1, 0.15) is 46.0 Å². The van der Waals surface area contributed by atoms with Gasteiger partial charge in [0.25, 0.3) is 0 Å². The Kier molecular flexibility index (Phi) is 5.44. The molecule has 20 heavy (non-hydrogen) atoms. The molecule has 2 bridgehead atoms. The first-order valence-corrected chi connectivity index (χ1v) is 8.24. The van der Waals surface area contributed by atoms with Crippen molar-refractivity contribution in [3.63, 3.8) is 0 Å². The summed E-state index contributed by atoms with van der Waals surface area (Å²) in [6.07, 6.45) is 5.81. The average Bonchev–Trinajstić information content (AvgIpc) is 2.98. The zero-order chi connectivity index (χ0) is 14.7. The Hall–Kier alpha value is -0.610. The minimum Gasteiger partial charge on any atom is -0.356 e. The predicted molar refractivity (Wildman–Crippen MR) is 82.3 cm³/mol. The fraction of sp³-hybridized carbons (Fsp3) is 0.938. The maximum Gasteiger partial charge on any atom is 0.224 e. The van der Waals surface area contributed by atoms with Crippen molar-refractivity contribution in [2.75, 3.05) is 20.1 Å². The van der Waals surface area contributed by atoms with Crippen molar-refractivity contribution in [3.8, 4) is 0 Å². The zero-order valence-corrected chi connectivity index (χ0v) is 13.3. The third kappa shape index (κ3) is 3.53. The van der Waals surface area contributed by atoms with Crippen molar-refractivity contribution in [2.24, 2.45) is 23.5 Å². The molecule has 0 saturated heterocycles. The van der Waals surface area contributed by atoms with E-state index < -0.39 is 0 Å². The van der Waals surface area contributed by atoms with Crippen molar-refractivity contribution in [1.82, 2.24) is 10.2 Å². The Morgan fingerprint density at radius 2 is 2.00 bits per heavy atom. The van der Waals surface area contributed by atoms with Gasteiger partial charge in [0.05, 0.1) is 5.92 Å². The number of unbranched alkanes of at least 4 members (excludes halogenated alkanes) is 1. The average molecular weight is 281 g/mol. The first kappa shape index (κ1) is 15.8. The number of fused-ring (bicyclic) bond motifs is 2. The second kappa shape index (κ2) is 6.90. The lowest BCUT2D eigenvalue weighted by Crippen LogP contribution is -2.45. The summed E-state index contributed by atoms with van der Waals surface area (Å²) in [7, 11) is 2.15. The van der Waals surface area contributed by atoms with Gasteiger partial charge in [0.15, 0.2) is 0 Å². The lowest BCUT2D eigenvalue weighted by molar-refractivity contribution is -0.127. The molecule has 0 aromatic rings. The van der Waals surface area contributed by atoms with Gasteiger partial charge in [-0.2, -0.15) is 0 Å². The van der Waals surface area contributed by atoms with Gasteiger partial charge in [-0.15, -0.1) is 0 Å². The van der Waals surface area contributed by atoms with E-state index in [1.54, 1.807) is 0 Å². The van der Waals surface area contributed by atoms with Crippen LogP contribution in [0.15, 0.2) is 0 Å². The van der Waals surface area contributed by atoms with Gasteiger partial charge in [0, 0.05) is 18.6 Å². The van der Waals surface area contributed by atoms with E-state index >= 15 is 0 Å². The number of nitrogens with one attached hydrogen (secondary N) is 1. The quantitative estimate of drug-likeness (QED) is 0.697. The molecular weight excluding hydrogens is 250 g/mol. The highest BCUT2D eigenvalue weighted by Crippen LogP contribution is 2.47. The second-order valence-electron chi connectivity index (χ2n) is 7.01. The van der Waals surface area contributed by atoms with E-state index in [0.717, 1.165) is 25.9 Å². The number of nitrogens with zero attached hydrogens (tertiary/aromatic N) is 1. The Morgan fingerprint density at radius 1 is 1.30 bits per heavy atom. The van der Waals surface area contributed by atoms with Crippen molar-refractivity contribution in [2.45, 2.75) is 58.0 Å². The third-order valence-electron chi connectivity index (χ3n) is 5.40. The molecule has 4 nitrogen and oxygen atoms in total. The van der Waals surface area contributed by atoms with Crippen LogP contribution in [0.25, 0.3) is 0 Å². The Labute approximate surface area is 123 Å². The Morgan fingerprint density at radius 3 is 2.60 bits per heavy atom. The molecule has 0 radical (unpaired) electrons. The summed E-state index contributed by atoms with van der Waals surface area (Å²) in [5.74, 6) is 1.46. The fourth-order valence-corrected chi connectivity index (χ4v) is 3.80. The molecule has 116 valence electrons. The molecule has 4 atom stereocenters. The van der Waals surface area contributed by atoms with Crippen LogP contribution in [0.5, 0.6) is 0 Å². The minimum absolute atomic E-state index is 0.0899. The maximum atomic E-state index is 12.2. The summed E-state index contributed by atoms with van der Waals surface area (Å²) in [5, 5.41) is 3.11. The number of carbonyl (C=O) groups is 1. The molecule has 0 heterocycles. The summed E-state index contributed by atoms with van der Waals surface area (Å²) >= 11 is 0. The van der Waals surface area contributed by atoms with E-state index in [4.69, 9.17) is 5.73 Å². The molecule has 3 N–H and O–H groups in total. The van der Waals surface area contributed by atoms with Crippen LogP contribution < -0.4 is 11.1 Å². The van der Waals surface area contributed by atoms with Crippen LogP contribution in [-0.4, -0.2) is 43.0 Å². The highest BCUT2D eigenvalue weighted by atomic mass is 16.1. The number of hydrogen-bond acceptors (Lipinski definition) is 3. The van der Waals surface area contributed by atoms with Gasteiger partial charge in [0.2, 0.25) is 5.91 Å². The van der Waals surface area contributed by atoms with Crippen molar-refractivity contribution in [3.05, 3.63) is 0 Å². The van der Waals surface area contributed by atoms with E-state index in [1.165, 1.54) is 19.3 Å². The zero-order valence-electron chi connectivity index (χ0n) is 13.3. The molecular formula is C16H31N3O. The summed E-state index contributed by atoms with van der Waals surface area (Å²) < 4.78 is 0. The SMILES string of the molecule is CC(C)N(C)CCCCNC(=O)C1C2CCC(C2)C1N. The number of carbonyl (C=O) groups excluding carboxylic acids is 1. The molecule has 0 aliphatic heterocycles. The molecule has 0 aromatic heterocycles. The first-order chi connectivity index (χ1) is 9.50. The number of hydrogen-bond donors (Lipinski definition) is 2. The number of rotatable bonds is 7. The molecule has 2 saturated carbocycles. The van der Waals surface area contributed by atoms with Crippen LogP contribution in [-0.2, 0) is 4.79 Å². The van der Waals surface area contributed by atoms with Crippen molar-refractivity contribution < 1.29 is 4.79 Å². The van der Waals surface area contributed by atoms with Gasteiger partial charge in [-0.05, 0) is 71.4 Å². The van der Waals surface area contributed by atoms with Crippen molar-refractivity contribution in [1.29, 1.82) is 0 Å². The van der Waals surface area contributed by atoms with Crippen LogP contribution in [0, 0.1) is 17.8 Å². The van der Waals surface area contributed by atoms with E-state index in [-0.39, 0.29) is 17.9 Å². The lowest BCUT2D eigenvalue weighted by atomic mass is 9.84. The summed E-state index contributed by atoms with van der Waals surface area (Å²) in [6.45, 7) is 6.31. The summed E-state index contributed by atoms with van der Waals surface area (Å²) in [5.41, 5.74) is 6.20. The van der Waals surface area contributed by atoms with Gasteiger partial charge < -0.3 is 16.0 Å². The second-order valence-corrected chi connectivity index (χ2v) is 7.01. The van der Waals surface area contributed by atoms with E-state index in [1.807, 2.05) is 0 Å². The molecule has 2 fully saturated rings. The predicted octanol–water partition coefficient (Wildman–Crippen LogP) is 1.60. The molecule has 4 unspecified atom stereocenters. The molecule has 0 spiro atoms. The molecule has 0 aromatic carbocycles. The van der Waals surface area contributed by atoms with Crippen LogP contribution in [0.4, 0.5) is 0 Å².